The lowest BCUT2D eigenvalue weighted by atomic mass is 10.1. The number of nitrogens with zero attached hydrogens (tertiary/aromatic N) is 2. The van der Waals surface area contributed by atoms with Crippen LogP contribution in [0.15, 0.2) is 65.7 Å². The highest BCUT2D eigenvalue weighted by Gasteiger charge is 2.20. The minimum atomic E-state index is -3.59. The summed E-state index contributed by atoms with van der Waals surface area (Å²) in [4.78, 5) is 2.63. The molecule has 2 aromatic carbocycles. The van der Waals surface area contributed by atoms with Gasteiger partial charge in [-0.1, -0.05) is 30.3 Å². The molecule has 2 heterocycles. The first-order valence-electron chi connectivity index (χ1n) is 8.36. The molecule has 1 saturated heterocycles. The number of ether oxygens (including phenoxy) is 1. The molecule has 3 aromatic rings. The summed E-state index contributed by atoms with van der Waals surface area (Å²) in [5, 5.41) is 0.980. The summed E-state index contributed by atoms with van der Waals surface area (Å²) in [7, 11) is -3.59. The van der Waals surface area contributed by atoms with Crippen molar-refractivity contribution in [2.75, 3.05) is 26.3 Å². The van der Waals surface area contributed by atoms with Gasteiger partial charge in [-0.15, -0.1) is 0 Å². The molecular weight excluding hydrogens is 336 g/mol. The summed E-state index contributed by atoms with van der Waals surface area (Å²) in [6.45, 7) is 4.10. The second kappa shape index (κ2) is 6.63. The molecule has 25 heavy (non-hydrogen) atoms. The van der Waals surface area contributed by atoms with Crippen molar-refractivity contribution < 1.29 is 13.2 Å². The van der Waals surface area contributed by atoms with E-state index >= 15 is 0 Å². The number of aromatic nitrogens is 1. The molecule has 0 aliphatic carbocycles. The standard InChI is InChI=1S/C19H20N2O3S/c22-25(23,17-6-2-1-3-7-17)21-10-9-18-16(5-4-8-19(18)21)15-20-11-13-24-14-12-20/h1-10H,11-15H2. The Balaban J connectivity index is 1.74. The molecule has 1 aliphatic heterocycles. The van der Waals surface area contributed by atoms with Crippen LogP contribution < -0.4 is 0 Å². The molecule has 0 amide bonds. The predicted molar refractivity (Wildman–Crippen MR) is 97.1 cm³/mol. The van der Waals surface area contributed by atoms with E-state index < -0.39 is 10.0 Å². The monoisotopic (exact) mass is 356 g/mol. The van der Waals surface area contributed by atoms with Gasteiger partial charge in [0.1, 0.15) is 0 Å². The van der Waals surface area contributed by atoms with Crippen LogP contribution in [0, 0.1) is 0 Å². The molecule has 0 saturated carbocycles. The third-order valence-electron chi connectivity index (χ3n) is 4.59. The van der Waals surface area contributed by atoms with Crippen molar-refractivity contribution in [1.29, 1.82) is 0 Å². The van der Waals surface area contributed by atoms with E-state index in [-0.39, 0.29) is 0 Å². The lowest BCUT2D eigenvalue weighted by Crippen LogP contribution is -2.35. The van der Waals surface area contributed by atoms with Crippen molar-refractivity contribution in [2.24, 2.45) is 0 Å². The van der Waals surface area contributed by atoms with Gasteiger partial charge in [-0.2, -0.15) is 0 Å². The zero-order valence-corrected chi connectivity index (χ0v) is 14.7. The van der Waals surface area contributed by atoms with E-state index in [1.54, 1.807) is 30.5 Å². The zero-order valence-electron chi connectivity index (χ0n) is 13.8. The molecule has 1 fully saturated rings. The molecule has 130 valence electrons. The normalized spacial score (nSPS) is 16.3. The Labute approximate surface area is 147 Å². The van der Waals surface area contributed by atoms with E-state index in [9.17, 15) is 8.42 Å². The van der Waals surface area contributed by atoms with Crippen LogP contribution in [-0.4, -0.2) is 43.6 Å². The minimum Gasteiger partial charge on any atom is -0.379 e. The maximum absolute atomic E-state index is 12.9. The Morgan fingerprint density at radius 1 is 0.920 bits per heavy atom. The highest BCUT2D eigenvalue weighted by atomic mass is 32.2. The van der Waals surface area contributed by atoms with Crippen molar-refractivity contribution in [3.8, 4) is 0 Å². The predicted octanol–water partition coefficient (Wildman–Crippen LogP) is 2.71. The fourth-order valence-corrected chi connectivity index (χ4v) is 4.63. The van der Waals surface area contributed by atoms with Gasteiger partial charge in [0, 0.05) is 31.2 Å². The van der Waals surface area contributed by atoms with Crippen LogP contribution in [-0.2, 0) is 21.3 Å². The summed E-state index contributed by atoms with van der Waals surface area (Å²) < 4.78 is 32.7. The third kappa shape index (κ3) is 3.08. The first-order chi connectivity index (χ1) is 12.2. The highest BCUT2D eigenvalue weighted by Crippen LogP contribution is 2.25. The number of rotatable bonds is 4. The number of hydrogen-bond acceptors (Lipinski definition) is 4. The van der Waals surface area contributed by atoms with Crippen LogP contribution in [0.2, 0.25) is 0 Å². The number of morpholine rings is 1. The van der Waals surface area contributed by atoms with Gasteiger partial charge in [0.05, 0.1) is 23.6 Å². The Bertz CT molecular complexity index is 974. The molecule has 0 bridgehead atoms. The summed E-state index contributed by atoms with van der Waals surface area (Å²) >= 11 is 0. The first-order valence-corrected chi connectivity index (χ1v) is 9.80. The summed E-state index contributed by atoms with van der Waals surface area (Å²) in [5.74, 6) is 0. The third-order valence-corrected chi connectivity index (χ3v) is 6.29. The smallest absolute Gasteiger partial charge is 0.268 e. The van der Waals surface area contributed by atoms with Crippen molar-refractivity contribution >= 4 is 20.9 Å². The minimum absolute atomic E-state index is 0.297. The average Bonchev–Trinajstić information content (AvgIpc) is 3.09. The molecule has 0 unspecified atom stereocenters. The largest absolute Gasteiger partial charge is 0.379 e. The van der Waals surface area contributed by atoms with Gasteiger partial charge in [-0.05, 0) is 29.8 Å². The Morgan fingerprint density at radius 2 is 1.68 bits per heavy atom. The topological polar surface area (TPSA) is 51.5 Å². The van der Waals surface area contributed by atoms with Gasteiger partial charge in [-0.3, -0.25) is 4.90 Å². The van der Waals surface area contributed by atoms with Gasteiger partial charge in [0.25, 0.3) is 10.0 Å². The Kier molecular flexibility index (Phi) is 4.33. The van der Waals surface area contributed by atoms with Crippen molar-refractivity contribution in [2.45, 2.75) is 11.4 Å². The lowest BCUT2D eigenvalue weighted by Gasteiger charge is -2.26. The van der Waals surface area contributed by atoms with E-state index in [1.807, 2.05) is 24.3 Å². The lowest BCUT2D eigenvalue weighted by molar-refractivity contribution is 0.0344. The Hall–Kier alpha value is -2.15. The van der Waals surface area contributed by atoms with E-state index in [1.165, 1.54) is 3.97 Å². The zero-order chi connectivity index (χ0) is 17.3. The molecular formula is C19H20N2O3S. The second-order valence-corrected chi connectivity index (χ2v) is 7.98. The van der Waals surface area contributed by atoms with Gasteiger partial charge in [0.15, 0.2) is 0 Å². The quantitative estimate of drug-likeness (QED) is 0.721. The van der Waals surface area contributed by atoms with E-state index in [4.69, 9.17) is 4.74 Å². The summed E-state index contributed by atoms with van der Waals surface area (Å²) in [6.07, 6.45) is 1.65. The Morgan fingerprint density at radius 3 is 2.44 bits per heavy atom. The summed E-state index contributed by atoms with van der Waals surface area (Å²) in [6, 6.07) is 16.3. The van der Waals surface area contributed by atoms with E-state index in [2.05, 4.69) is 11.0 Å². The van der Waals surface area contributed by atoms with Gasteiger partial charge in [-0.25, -0.2) is 12.4 Å². The molecule has 1 aromatic heterocycles. The van der Waals surface area contributed by atoms with E-state index in [0.29, 0.717) is 4.90 Å². The van der Waals surface area contributed by atoms with Gasteiger partial charge < -0.3 is 4.74 Å². The number of hydrogen-bond donors (Lipinski definition) is 0. The fraction of sp³-hybridized carbons (Fsp3) is 0.263. The molecule has 1 aliphatic rings. The van der Waals surface area contributed by atoms with E-state index in [0.717, 1.165) is 49.3 Å². The van der Waals surface area contributed by atoms with Crippen molar-refractivity contribution in [1.82, 2.24) is 8.87 Å². The molecule has 4 rings (SSSR count). The van der Waals surface area contributed by atoms with Gasteiger partial charge >= 0.3 is 0 Å². The maximum atomic E-state index is 12.9. The SMILES string of the molecule is O=S(=O)(c1ccccc1)n1ccc2c(CN3CCOCC3)cccc21. The van der Waals surface area contributed by atoms with Crippen LogP contribution in [0.25, 0.3) is 10.9 Å². The van der Waals surface area contributed by atoms with Crippen LogP contribution in [0.4, 0.5) is 0 Å². The molecule has 0 atom stereocenters. The molecule has 6 heteroatoms. The van der Waals surface area contributed by atoms with Crippen LogP contribution >= 0.6 is 0 Å². The number of fused-ring (bicyclic) bond motifs is 1. The molecule has 5 nitrogen and oxygen atoms in total. The highest BCUT2D eigenvalue weighted by molar-refractivity contribution is 7.90. The molecule has 0 N–H and O–H groups in total. The number of benzene rings is 2. The first kappa shape index (κ1) is 16.3. The van der Waals surface area contributed by atoms with Crippen molar-refractivity contribution in [3.63, 3.8) is 0 Å². The maximum Gasteiger partial charge on any atom is 0.268 e. The fourth-order valence-electron chi connectivity index (χ4n) is 3.26. The second-order valence-electron chi connectivity index (χ2n) is 6.17. The van der Waals surface area contributed by atoms with Crippen LogP contribution in [0.3, 0.4) is 0 Å². The van der Waals surface area contributed by atoms with Crippen LogP contribution in [0.1, 0.15) is 5.56 Å². The molecule has 0 radical (unpaired) electrons. The van der Waals surface area contributed by atoms with Crippen LogP contribution in [0.5, 0.6) is 0 Å². The van der Waals surface area contributed by atoms with Crippen molar-refractivity contribution in [3.05, 3.63) is 66.4 Å². The average molecular weight is 356 g/mol. The molecule has 0 spiro atoms. The summed E-state index contributed by atoms with van der Waals surface area (Å²) in [5.41, 5.74) is 1.86. The van der Waals surface area contributed by atoms with Gasteiger partial charge in [0.2, 0.25) is 0 Å².